The predicted octanol–water partition coefficient (Wildman–Crippen LogP) is 1.86. The maximum Gasteiger partial charge on any atom is 0.236 e. The highest BCUT2D eigenvalue weighted by molar-refractivity contribution is 7.92. The molecular formula is C15H16F2N2O3S. The Kier molecular flexibility index (Phi) is 4.44. The van der Waals surface area contributed by atoms with Gasteiger partial charge in [0.25, 0.3) is 0 Å². The Morgan fingerprint density at radius 2 is 2.00 bits per heavy atom. The van der Waals surface area contributed by atoms with E-state index in [1.54, 1.807) is 0 Å². The van der Waals surface area contributed by atoms with E-state index >= 15 is 0 Å². The third kappa shape index (κ3) is 3.67. The number of nitrogens with zero attached hydrogens (tertiary/aromatic N) is 1. The number of aryl methyl sites for hydroxylation is 1. The number of sulfone groups is 1. The number of carbonyl (C=O) groups excluding carboxylic acids is 1. The van der Waals surface area contributed by atoms with Crippen molar-refractivity contribution in [3.8, 4) is 6.07 Å². The molecule has 0 heterocycles. The van der Waals surface area contributed by atoms with E-state index in [2.05, 4.69) is 5.32 Å². The third-order valence-corrected chi connectivity index (χ3v) is 5.52. The highest BCUT2D eigenvalue weighted by atomic mass is 32.2. The Balaban J connectivity index is 2.20. The largest absolute Gasteiger partial charge is 0.337 e. The van der Waals surface area contributed by atoms with Crippen molar-refractivity contribution >= 4 is 15.7 Å². The maximum atomic E-state index is 13.8. The van der Waals surface area contributed by atoms with Crippen LogP contribution in [0.15, 0.2) is 17.0 Å². The Morgan fingerprint density at radius 3 is 2.52 bits per heavy atom. The highest BCUT2D eigenvalue weighted by Gasteiger charge is 2.43. The fourth-order valence-electron chi connectivity index (χ4n) is 2.32. The third-order valence-electron chi connectivity index (χ3n) is 3.89. The Bertz CT molecular complexity index is 798. The number of carbonyl (C=O) groups is 1. The fraction of sp³-hybridized carbons (Fsp3) is 0.467. The number of hydrogen-bond donors (Lipinski definition) is 1. The average molecular weight is 342 g/mol. The van der Waals surface area contributed by atoms with Crippen molar-refractivity contribution in [2.75, 3.05) is 5.75 Å². The number of nitriles is 1. The van der Waals surface area contributed by atoms with Crippen molar-refractivity contribution in [3.05, 3.63) is 29.3 Å². The van der Waals surface area contributed by atoms with E-state index in [9.17, 15) is 22.0 Å². The molecule has 1 amide bonds. The van der Waals surface area contributed by atoms with Gasteiger partial charge in [-0.2, -0.15) is 5.26 Å². The van der Waals surface area contributed by atoms with E-state index < -0.39 is 43.6 Å². The summed E-state index contributed by atoms with van der Waals surface area (Å²) in [4.78, 5) is 11.1. The Morgan fingerprint density at radius 1 is 1.39 bits per heavy atom. The van der Waals surface area contributed by atoms with Crippen LogP contribution in [0.25, 0.3) is 0 Å². The van der Waals surface area contributed by atoms with Crippen LogP contribution < -0.4 is 5.32 Å². The zero-order valence-corrected chi connectivity index (χ0v) is 13.5. The van der Waals surface area contributed by atoms with Gasteiger partial charge in [0.15, 0.2) is 9.84 Å². The van der Waals surface area contributed by atoms with Crippen LogP contribution in [-0.4, -0.2) is 25.6 Å². The molecule has 124 valence electrons. The molecule has 1 aromatic carbocycles. The van der Waals surface area contributed by atoms with Gasteiger partial charge in [-0.3, -0.25) is 4.79 Å². The number of halogens is 2. The maximum absolute atomic E-state index is 13.8. The zero-order valence-electron chi connectivity index (χ0n) is 12.7. The number of nitrogens with one attached hydrogen (secondary N) is 1. The summed E-state index contributed by atoms with van der Waals surface area (Å²) in [5, 5.41) is 11.5. The van der Waals surface area contributed by atoms with Gasteiger partial charge < -0.3 is 5.32 Å². The van der Waals surface area contributed by atoms with Gasteiger partial charge in [-0.25, -0.2) is 17.2 Å². The van der Waals surface area contributed by atoms with Crippen LogP contribution in [0.1, 0.15) is 25.3 Å². The van der Waals surface area contributed by atoms with Crippen LogP contribution in [-0.2, 0) is 14.6 Å². The highest BCUT2D eigenvalue weighted by Crippen LogP contribution is 2.39. The van der Waals surface area contributed by atoms with Gasteiger partial charge in [0.1, 0.15) is 27.8 Å². The SMILES string of the molecule is Cc1cc(F)c(S(=O)(=O)CC(=O)NC(C)(C#N)C2CC2)cc1F. The first kappa shape index (κ1) is 17.3. The summed E-state index contributed by atoms with van der Waals surface area (Å²) in [6, 6.07) is 3.30. The van der Waals surface area contributed by atoms with Gasteiger partial charge in [-0.15, -0.1) is 0 Å². The van der Waals surface area contributed by atoms with Crippen LogP contribution in [0.5, 0.6) is 0 Å². The van der Waals surface area contributed by atoms with Crippen molar-refractivity contribution in [1.29, 1.82) is 5.26 Å². The molecule has 5 nitrogen and oxygen atoms in total. The van der Waals surface area contributed by atoms with Gasteiger partial charge >= 0.3 is 0 Å². The van der Waals surface area contributed by atoms with Crippen molar-refractivity contribution in [1.82, 2.24) is 5.32 Å². The normalized spacial score (nSPS) is 17.2. The number of rotatable bonds is 5. The molecule has 0 spiro atoms. The molecule has 8 heteroatoms. The summed E-state index contributed by atoms with van der Waals surface area (Å²) in [7, 11) is -4.35. The van der Waals surface area contributed by atoms with E-state index in [0.29, 0.717) is 6.07 Å². The van der Waals surface area contributed by atoms with Crippen LogP contribution in [0.4, 0.5) is 8.78 Å². The van der Waals surface area contributed by atoms with Crippen molar-refractivity contribution in [2.24, 2.45) is 5.92 Å². The van der Waals surface area contributed by atoms with E-state index in [-0.39, 0.29) is 11.5 Å². The molecule has 0 aromatic heterocycles. The molecule has 1 N–H and O–H groups in total. The molecule has 1 unspecified atom stereocenters. The molecule has 0 bridgehead atoms. The van der Waals surface area contributed by atoms with Crippen molar-refractivity contribution in [2.45, 2.75) is 37.1 Å². The molecule has 1 fully saturated rings. The lowest BCUT2D eigenvalue weighted by Gasteiger charge is -2.22. The van der Waals surface area contributed by atoms with Gasteiger partial charge in [0.05, 0.1) is 6.07 Å². The first-order chi connectivity index (χ1) is 10.6. The van der Waals surface area contributed by atoms with E-state index in [1.165, 1.54) is 13.8 Å². The summed E-state index contributed by atoms with van der Waals surface area (Å²) in [5.41, 5.74) is -1.18. The molecule has 0 aliphatic heterocycles. The molecule has 2 rings (SSSR count). The van der Waals surface area contributed by atoms with E-state index in [4.69, 9.17) is 5.26 Å². The van der Waals surface area contributed by atoms with Crippen LogP contribution in [0.3, 0.4) is 0 Å². The predicted molar refractivity (Wildman–Crippen MR) is 78.0 cm³/mol. The molecular weight excluding hydrogens is 326 g/mol. The second-order valence-corrected chi connectivity index (χ2v) is 7.89. The number of hydrogen-bond acceptors (Lipinski definition) is 4. The lowest BCUT2D eigenvalue weighted by atomic mass is 9.98. The molecule has 0 saturated heterocycles. The minimum Gasteiger partial charge on any atom is -0.337 e. The van der Waals surface area contributed by atoms with Gasteiger partial charge in [-0.1, -0.05) is 0 Å². The van der Waals surface area contributed by atoms with Crippen LogP contribution >= 0.6 is 0 Å². The topological polar surface area (TPSA) is 87.0 Å². The summed E-state index contributed by atoms with van der Waals surface area (Å²) in [5.74, 6) is -3.96. The Labute approximate surface area is 133 Å². The van der Waals surface area contributed by atoms with E-state index in [0.717, 1.165) is 18.9 Å². The fourth-order valence-corrected chi connectivity index (χ4v) is 3.54. The smallest absolute Gasteiger partial charge is 0.236 e. The number of benzene rings is 1. The molecule has 1 saturated carbocycles. The van der Waals surface area contributed by atoms with Crippen LogP contribution in [0, 0.1) is 35.8 Å². The van der Waals surface area contributed by atoms with Crippen molar-refractivity contribution < 1.29 is 22.0 Å². The zero-order chi connectivity index (χ0) is 17.4. The minimum absolute atomic E-state index is 0.0206. The summed E-state index contributed by atoms with van der Waals surface area (Å²) in [6.45, 7) is 2.82. The lowest BCUT2D eigenvalue weighted by Crippen LogP contribution is -2.48. The molecule has 1 atom stereocenters. The van der Waals surface area contributed by atoms with E-state index in [1.807, 2.05) is 6.07 Å². The molecule has 1 aliphatic rings. The second-order valence-electron chi connectivity index (χ2n) is 5.93. The first-order valence-corrected chi connectivity index (χ1v) is 8.65. The van der Waals surface area contributed by atoms with Gasteiger partial charge in [0.2, 0.25) is 5.91 Å². The van der Waals surface area contributed by atoms with Gasteiger partial charge in [0, 0.05) is 0 Å². The van der Waals surface area contributed by atoms with Gasteiger partial charge in [-0.05, 0) is 50.3 Å². The summed E-state index contributed by atoms with van der Waals surface area (Å²) in [6.07, 6.45) is 1.55. The number of amides is 1. The molecule has 23 heavy (non-hydrogen) atoms. The lowest BCUT2D eigenvalue weighted by molar-refractivity contribution is -0.120. The quantitative estimate of drug-likeness (QED) is 0.885. The first-order valence-electron chi connectivity index (χ1n) is 7.00. The molecule has 1 aliphatic carbocycles. The standard InChI is InChI=1S/C15H16F2N2O3S/c1-9-5-12(17)13(6-11(9)16)23(21,22)7-14(20)19-15(2,8-18)10-3-4-10/h5-6,10H,3-4,7H2,1-2H3,(H,19,20). The molecule has 1 aromatic rings. The minimum atomic E-state index is -4.35. The average Bonchev–Trinajstić information content (AvgIpc) is 3.26. The van der Waals surface area contributed by atoms with Crippen LogP contribution in [0.2, 0.25) is 0 Å². The van der Waals surface area contributed by atoms with Crippen molar-refractivity contribution in [3.63, 3.8) is 0 Å². The summed E-state index contributed by atoms with van der Waals surface area (Å²) >= 11 is 0. The second kappa shape index (κ2) is 5.89. The Hall–Kier alpha value is -2.01. The molecule has 0 radical (unpaired) electrons. The summed E-state index contributed by atoms with van der Waals surface area (Å²) < 4.78 is 51.6. The monoisotopic (exact) mass is 342 g/mol.